The first-order chi connectivity index (χ1) is 15.6. The summed E-state index contributed by atoms with van der Waals surface area (Å²) in [4.78, 5) is 17.1. The molecule has 0 spiro atoms. The minimum Gasteiger partial charge on any atom is -0.504 e. The van der Waals surface area contributed by atoms with Crippen LogP contribution in [0.15, 0.2) is 35.0 Å². The van der Waals surface area contributed by atoms with Crippen molar-refractivity contribution >= 4 is 34.6 Å². The van der Waals surface area contributed by atoms with Gasteiger partial charge < -0.3 is 25.2 Å². The smallest absolute Gasteiger partial charge is 0.324 e. The molecule has 10 heteroatoms. The molecule has 2 aromatic heterocycles. The number of carbonyl (C=O) groups excluding carboxylic acids is 1. The van der Waals surface area contributed by atoms with Crippen molar-refractivity contribution in [3.05, 3.63) is 50.9 Å². The molecule has 0 saturated carbocycles. The molecule has 1 saturated heterocycles. The zero-order chi connectivity index (χ0) is 23.8. The number of hydrogen-bond acceptors (Lipinski definition) is 8. The van der Waals surface area contributed by atoms with E-state index in [4.69, 9.17) is 4.63 Å². The monoisotopic (exact) mass is 471 g/mol. The number of amides is 1. The molecule has 3 heterocycles. The van der Waals surface area contributed by atoms with Crippen molar-refractivity contribution in [1.82, 2.24) is 10.1 Å². The summed E-state index contributed by atoms with van der Waals surface area (Å²) >= 11 is 1.67. The zero-order valence-electron chi connectivity index (χ0n) is 19.2. The first kappa shape index (κ1) is 22.9. The second kappa shape index (κ2) is 8.93. The number of likely N-dealkylation sites (tertiary alicyclic amines) is 1. The minimum absolute atomic E-state index is 0.00130. The van der Waals surface area contributed by atoms with Gasteiger partial charge in [-0.1, -0.05) is 31.7 Å². The molecule has 1 aliphatic rings. The average molecular weight is 472 g/mol. The van der Waals surface area contributed by atoms with Gasteiger partial charge in [0.2, 0.25) is 0 Å². The van der Waals surface area contributed by atoms with Crippen molar-refractivity contribution < 1.29 is 19.4 Å². The van der Waals surface area contributed by atoms with E-state index in [2.05, 4.69) is 48.7 Å². The molecule has 1 amide bonds. The van der Waals surface area contributed by atoms with Gasteiger partial charge in [0.05, 0.1) is 11.6 Å². The number of aromatic hydroxyl groups is 1. The van der Waals surface area contributed by atoms with Crippen LogP contribution in [0.4, 0.5) is 17.3 Å². The van der Waals surface area contributed by atoms with Crippen LogP contribution < -0.4 is 15.5 Å². The molecule has 1 fully saturated rings. The van der Waals surface area contributed by atoms with Gasteiger partial charge in [-0.05, 0) is 54.6 Å². The highest BCUT2D eigenvalue weighted by molar-refractivity contribution is 7.12. The van der Waals surface area contributed by atoms with Gasteiger partial charge in [0.25, 0.3) is 11.7 Å². The summed E-state index contributed by atoms with van der Waals surface area (Å²) in [5.41, 5.74) is 0.216. The van der Waals surface area contributed by atoms with Crippen LogP contribution >= 0.6 is 11.3 Å². The van der Waals surface area contributed by atoms with Gasteiger partial charge in [-0.3, -0.25) is 10.1 Å². The van der Waals surface area contributed by atoms with E-state index in [-0.39, 0.29) is 50.9 Å². The van der Waals surface area contributed by atoms with E-state index in [9.17, 15) is 15.1 Å². The summed E-state index contributed by atoms with van der Waals surface area (Å²) in [5.74, 6) is -0.235. The Morgan fingerprint density at radius 2 is 2.00 bits per heavy atom. The zero-order valence-corrected chi connectivity index (χ0v) is 20.0. The van der Waals surface area contributed by atoms with Gasteiger partial charge in [0.1, 0.15) is 5.69 Å². The molecule has 4 rings (SSSR count). The number of phenols is 1. The average Bonchev–Trinajstić information content (AvgIpc) is 3.50. The first-order valence-electron chi connectivity index (χ1n) is 11.0. The highest BCUT2D eigenvalue weighted by Gasteiger charge is 2.32. The maximum atomic E-state index is 12.8. The number of nitrogens with zero attached hydrogens (tertiary/aromatic N) is 3. The van der Waals surface area contributed by atoms with Gasteiger partial charge in [-0.25, -0.2) is 0 Å². The van der Waals surface area contributed by atoms with Gasteiger partial charge in [-0.15, -0.1) is 11.3 Å². The molecule has 1 atom stereocenters. The lowest BCUT2D eigenvalue weighted by atomic mass is 9.86. The molecule has 0 radical (unpaired) electrons. The third kappa shape index (κ3) is 4.75. The molecule has 0 bridgehead atoms. The van der Waals surface area contributed by atoms with E-state index in [1.165, 1.54) is 4.88 Å². The van der Waals surface area contributed by atoms with Crippen LogP contribution in [0.5, 0.6) is 5.75 Å². The molecule has 33 heavy (non-hydrogen) atoms. The summed E-state index contributed by atoms with van der Waals surface area (Å²) in [6, 6.07) is 8.80. The molecule has 9 nitrogen and oxygen atoms in total. The van der Waals surface area contributed by atoms with E-state index < -0.39 is 0 Å². The summed E-state index contributed by atoms with van der Waals surface area (Å²) in [6.45, 7) is 9.67. The number of anilines is 3. The molecular weight excluding hydrogens is 442 g/mol. The maximum Gasteiger partial charge on any atom is 0.324 e. The number of aryl methyl sites for hydroxylation is 1. The Labute approximate surface area is 196 Å². The van der Waals surface area contributed by atoms with Crippen LogP contribution in [0, 0.1) is 17.5 Å². The second-order valence-electron chi connectivity index (χ2n) is 9.35. The molecule has 3 aromatic rings. The molecule has 1 aromatic carbocycles. The Bertz CT molecular complexity index is 1140. The first-order valence-corrected chi connectivity index (χ1v) is 11.8. The fourth-order valence-electron chi connectivity index (χ4n) is 3.94. The SMILES string of the molecule is Cc1ccc([C@H](Nc2no[n+]([O-])c2Nc2cccc(C(=O)N3CCCC3)c2O)C(C)(C)C)s1. The molecule has 0 aliphatic carbocycles. The molecule has 176 valence electrons. The second-order valence-corrected chi connectivity index (χ2v) is 10.7. The lowest BCUT2D eigenvalue weighted by Gasteiger charge is -2.30. The van der Waals surface area contributed by atoms with E-state index in [1.54, 1.807) is 34.4 Å². The van der Waals surface area contributed by atoms with Gasteiger partial charge in [-0.2, -0.15) is 0 Å². The number of nitrogens with one attached hydrogen (secondary N) is 2. The van der Waals surface area contributed by atoms with Crippen LogP contribution in [0.25, 0.3) is 0 Å². The lowest BCUT2D eigenvalue weighted by Crippen LogP contribution is -2.29. The molecule has 0 unspecified atom stereocenters. The van der Waals surface area contributed by atoms with Gasteiger partial charge in [0, 0.05) is 22.8 Å². The largest absolute Gasteiger partial charge is 0.504 e. The molecule has 1 aliphatic heterocycles. The number of thiophene rings is 1. The lowest BCUT2D eigenvalue weighted by molar-refractivity contribution is -0.790. The Hall–Kier alpha value is -3.27. The van der Waals surface area contributed by atoms with E-state index in [0.29, 0.717) is 13.1 Å². The number of benzene rings is 1. The normalized spacial score (nSPS) is 15.0. The molecule has 3 N–H and O–H groups in total. The van der Waals surface area contributed by atoms with Crippen LogP contribution in [-0.4, -0.2) is 34.2 Å². The van der Waals surface area contributed by atoms with Gasteiger partial charge in [0.15, 0.2) is 5.75 Å². The van der Waals surface area contributed by atoms with Crippen LogP contribution in [0.1, 0.15) is 59.8 Å². The van der Waals surface area contributed by atoms with Crippen molar-refractivity contribution in [2.45, 2.75) is 46.6 Å². The van der Waals surface area contributed by atoms with E-state index in [0.717, 1.165) is 17.7 Å². The van der Waals surface area contributed by atoms with Crippen molar-refractivity contribution in [2.75, 3.05) is 23.7 Å². The van der Waals surface area contributed by atoms with Crippen LogP contribution in [0.3, 0.4) is 0 Å². The Kier molecular flexibility index (Phi) is 6.20. The topological polar surface area (TPSA) is 118 Å². The minimum atomic E-state index is -0.229. The standard InChI is InChI=1S/C23H29N5O4S/c1-14-10-11-17(33-14)19(23(2,3)4)25-20-21(28(31)32-26-20)24-16-9-7-8-15(18(16)29)22(30)27-12-5-6-13-27/h7-11,19,24,29H,5-6,12-13H2,1-4H3,(H,25,26)/t19-/m0/s1. The van der Waals surface area contributed by atoms with E-state index >= 15 is 0 Å². The van der Waals surface area contributed by atoms with Crippen molar-refractivity contribution in [1.29, 1.82) is 0 Å². The van der Waals surface area contributed by atoms with Crippen LogP contribution in [-0.2, 0) is 0 Å². The molecular formula is C23H29N5O4S. The summed E-state index contributed by atoms with van der Waals surface area (Å²) in [6.07, 6.45) is 1.91. The Balaban J connectivity index is 1.62. The summed E-state index contributed by atoms with van der Waals surface area (Å²) in [7, 11) is 0. The quantitative estimate of drug-likeness (QED) is 0.356. The van der Waals surface area contributed by atoms with E-state index in [1.807, 2.05) is 6.92 Å². The third-order valence-electron chi connectivity index (χ3n) is 5.72. The summed E-state index contributed by atoms with van der Waals surface area (Å²) in [5, 5.41) is 33.3. The summed E-state index contributed by atoms with van der Waals surface area (Å²) < 4.78 is 4.85. The number of carbonyl (C=O) groups is 1. The fraction of sp³-hybridized carbons (Fsp3) is 0.435. The Morgan fingerprint density at radius 1 is 1.27 bits per heavy atom. The number of aromatic nitrogens is 2. The maximum absolute atomic E-state index is 12.8. The highest BCUT2D eigenvalue weighted by atomic mass is 32.1. The predicted molar refractivity (Wildman–Crippen MR) is 127 cm³/mol. The number of phenolic OH excluding ortho intramolecular Hbond substituents is 1. The number of hydrogen-bond donors (Lipinski definition) is 3. The van der Waals surface area contributed by atoms with Crippen LogP contribution in [0.2, 0.25) is 0 Å². The fourth-order valence-corrected chi connectivity index (χ4v) is 5.12. The van der Waals surface area contributed by atoms with Crippen molar-refractivity contribution in [2.24, 2.45) is 5.41 Å². The van der Waals surface area contributed by atoms with Crippen molar-refractivity contribution in [3.63, 3.8) is 0 Å². The van der Waals surface area contributed by atoms with Gasteiger partial charge >= 0.3 is 5.82 Å². The highest BCUT2D eigenvalue weighted by Crippen LogP contribution is 2.40. The number of para-hydroxylation sites is 1. The Morgan fingerprint density at radius 3 is 2.64 bits per heavy atom. The predicted octanol–water partition coefficient (Wildman–Crippen LogP) is 4.56. The van der Waals surface area contributed by atoms with Crippen molar-refractivity contribution in [3.8, 4) is 5.75 Å². The third-order valence-corrected chi connectivity index (χ3v) is 6.78. The number of rotatable bonds is 6.